The molecule has 1 heterocycles. The summed E-state index contributed by atoms with van der Waals surface area (Å²) in [7, 11) is 0. The van der Waals surface area contributed by atoms with E-state index in [4.69, 9.17) is 5.73 Å². The van der Waals surface area contributed by atoms with E-state index in [1.165, 1.54) is 12.1 Å². The van der Waals surface area contributed by atoms with E-state index in [9.17, 15) is 4.39 Å². The molecule has 1 atom stereocenters. The molecule has 0 saturated carbocycles. The highest BCUT2D eigenvalue weighted by Gasteiger charge is 2.15. The molecule has 0 aliphatic carbocycles. The maximum atomic E-state index is 12.9. The summed E-state index contributed by atoms with van der Waals surface area (Å²) in [6, 6.07) is 8.37. The third kappa shape index (κ3) is 2.36. The molecule has 3 nitrogen and oxygen atoms in total. The van der Waals surface area contributed by atoms with E-state index in [2.05, 4.69) is 5.10 Å². The second-order valence-electron chi connectivity index (χ2n) is 4.17. The van der Waals surface area contributed by atoms with Crippen molar-refractivity contribution in [3.63, 3.8) is 0 Å². The first-order valence-corrected chi connectivity index (χ1v) is 5.60. The fourth-order valence-electron chi connectivity index (χ4n) is 2.02. The molecule has 0 amide bonds. The Labute approximate surface area is 100 Å². The van der Waals surface area contributed by atoms with Crippen LogP contribution in [0.15, 0.2) is 30.3 Å². The maximum absolute atomic E-state index is 12.9. The average Bonchev–Trinajstić information content (AvgIpc) is 2.62. The summed E-state index contributed by atoms with van der Waals surface area (Å²) in [5.41, 5.74) is 8.79. The highest BCUT2D eigenvalue weighted by atomic mass is 19.1. The summed E-state index contributed by atoms with van der Waals surface area (Å²) in [5.74, 6) is -0.238. The number of nitrogens with zero attached hydrogens (tertiary/aromatic N) is 2. The molecule has 90 valence electrons. The molecule has 4 heteroatoms. The van der Waals surface area contributed by atoms with Crippen LogP contribution in [-0.4, -0.2) is 16.3 Å². The van der Waals surface area contributed by atoms with Crippen LogP contribution in [0, 0.1) is 19.7 Å². The van der Waals surface area contributed by atoms with Gasteiger partial charge in [-0.2, -0.15) is 5.10 Å². The van der Waals surface area contributed by atoms with E-state index < -0.39 is 0 Å². The lowest BCUT2D eigenvalue weighted by atomic mass is 10.1. The number of benzene rings is 1. The molecule has 1 aromatic carbocycles. The number of hydrogen-bond acceptors (Lipinski definition) is 2. The molecule has 0 aliphatic rings. The van der Waals surface area contributed by atoms with E-state index in [-0.39, 0.29) is 11.9 Å². The highest BCUT2D eigenvalue weighted by molar-refractivity contribution is 5.22. The van der Waals surface area contributed by atoms with Crippen LogP contribution in [0.4, 0.5) is 4.39 Å². The van der Waals surface area contributed by atoms with Gasteiger partial charge in [-0.1, -0.05) is 12.1 Å². The number of nitrogens with two attached hydrogens (primary N) is 1. The van der Waals surface area contributed by atoms with Gasteiger partial charge in [-0.15, -0.1) is 0 Å². The van der Waals surface area contributed by atoms with Crippen molar-refractivity contribution < 1.29 is 4.39 Å². The third-order valence-electron chi connectivity index (χ3n) is 2.82. The molecule has 2 rings (SSSR count). The van der Waals surface area contributed by atoms with Crippen molar-refractivity contribution in [3.05, 3.63) is 53.1 Å². The lowest BCUT2D eigenvalue weighted by Gasteiger charge is -2.17. The minimum absolute atomic E-state index is 0.0377. The van der Waals surface area contributed by atoms with E-state index in [1.807, 2.05) is 24.6 Å². The molecule has 2 N–H and O–H groups in total. The lowest BCUT2D eigenvalue weighted by Crippen LogP contribution is -2.22. The van der Waals surface area contributed by atoms with Crippen molar-refractivity contribution >= 4 is 0 Å². The van der Waals surface area contributed by atoms with Crippen LogP contribution in [0.2, 0.25) is 0 Å². The van der Waals surface area contributed by atoms with Gasteiger partial charge in [-0.3, -0.25) is 4.68 Å². The summed E-state index contributed by atoms with van der Waals surface area (Å²) in [4.78, 5) is 0. The number of aromatic nitrogens is 2. The van der Waals surface area contributed by atoms with Crippen molar-refractivity contribution in [1.82, 2.24) is 9.78 Å². The van der Waals surface area contributed by atoms with E-state index in [1.54, 1.807) is 12.1 Å². The van der Waals surface area contributed by atoms with Crippen LogP contribution in [0.3, 0.4) is 0 Å². The molecule has 0 aliphatic heterocycles. The molecule has 17 heavy (non-hydrogen) atoms. The standard InChI is InChI=1S/C13H16FN3/c1-9-7-10(2)17(16-9)13(8-15)11-3-5-12(14)6-4-11/h3-7,13H,8,15H2,1-2H3. The summed E-state index contributed by atoms with van der Waals surface area (Å²) in [6.45, 7) is 4.38. The summed E-state index contributed by atoms with van der Waals surface area (Å²) in [6.07, 6.45) is 0. The fourth-order valence-corrected chi connectivity index (χ4v) is 2.02. The topological polar surface area (TPSA) is 43.8 Å². The van der Waals surface area contributed by atoms with Gasteiger partial charge < -0.3 is 5.73 Å². The van der Waals surface area contributed by atoms with Gasteiger partial charge >= 0.3 is 0 Å². The van der Waals surface area contributed by atoms with E-state index in [0.717, 1.165) is 17.0 Å². The molecule has 0 spiro atoms. The van der Waals surface area contributed by atoms with Crippen LogP contribution in [0.5, 0.6) is 0 Å². The van der Waals surface area contributed by atoms with Crippen LogP contribution in [-0.2, 0) is 0 Å². The van der Waals surface area contributed by atoms with E-state index >= 15 is 0 Å². The maximum Gasteiger partial charge on any atom is 0.123 e. The Kier molecular flexibility index (Phi) is 3.24. The molecule has 1 aromatic heterocycles. The van der Waals surface area contributed by atoms with Crippen LogP contribution in [0.1, 0.15) is 23.0 Å². The van der Waals surface area contributed by atoms with Gasteiger partial charge in [0.2, 0.25) is 0 Å². The monoisotopic (exact) mass is 233 g/mol. The first kappa shape index (κ1) is 11.8. The van der Waals surface area contributed by atoms with Crippen molar-refractivity contribution in [1.29, 1.82) is 0 Å². The van der Waals surface area contributed by atoms with Crippen LogP contribution >= 0.6 is 0 Å². The molecule has 2 aromatic rings. The summed E-state index contributed by atoms with van der Waals surface area (Å²) < 4.78 is 14.8. The Bertz CT molecular complexity index is 502. The first-order chi connectivity index (χ1) is 8.11. The smallest absolute Gasteiger partial charge is 0.123 e. The van der Waals surface area contributed by atoms with Crippen molar-refractivity contribution in [2.24, 2.45) is 5.73 Å². The Morgan fingerprint density at radius 2 is 1.94 bits per heavy atom. The van der Waals surface area contributed by atoms with Gasteiger partial charge in [0.05, 0.1) is 11.7 Å². The predicted octanol–water partition coefficient (Wildman–Crippen LogP) is 2.19. The van der Waals surface area contributed by atoms with E-state index in [0.29, 0.717) is 6.54 Å². The third-order valence-corrected chi connectivity index (χ3v) is 2.82. The SMILES string of the molecule is Cc1cc(C)n(C(CN)c2ccc(F)cc2)n1. The minimum atomic E-state index is -0.238. The molecule has 0 bridgehead atoms. The number of aryl methyl sites for hydroxylation is 2. The number of hydrogen-bond donors (Lipinski definition) is 1. The number of halogens is 1. The molecule has 0 saturated heterocycles. The predicted molar refractivity (Wildman–Crippen MR) is 65.3 cm³/mol. The van der Waals surface area contributed by atoms with Gasteiger partial charge in [-0.25, -0.2) is 4.39 Å². The quantitative estimate of drug-likeness (QED) is 0.883. The Morgan fingerprint density at radius 1 is 1.29 bits per heavy atom. The Hall–Kier alpha value is -1.68. The van der Waals surface area contributed by atoms with Gasteiger partial charge in [0.1, 0.15) is 5.82 Å². The largest absolute Gasteiger partial charge is 0.328 e. The second kappa shape index (κ2) is 4.67. The Morgan fingerprint density at radius 3 is 2.41 bits per heavy atom. The van der Waals surface area contributed by atoms with Crippen molar-refractivity contribution in [3.8, 4) is 0 Å². The molecular formula is C13H16FN3. The van der Waals surface area contributed by atoms with Crippen LogP contribution in [0.25, 0.3) is 0 Å². The molecular weight excluding hydrogens is 217 g/mol. The molecule has 1 unspecified atom stereocenters. The highest BCUT2D eigenvalue weighted by Crippen LogP contribution is 2.19. The van der Waals surface area contributed by atoms with Gasteiger partial charge in [-0.05, 0) is 37.6 Å². The first-order valence-electron chi connectivity index (χ1n) is 5.60. The van der Waals surface area contributed by atoms with Crippen LogP contribution < -0.4 is 5.73 Å². The molecule has 0 radical (unpaired) electrons. The normalized spacial score (nSPS) is 12.7. The summed E-state index contributed by atoms with van der Waals surface area (Å²) >= 11 is 0. The zero-order valence-corrected chi connectivity index (χ0v) is 10.0. The van der Waals surface area contributed by atoms with Gasteiger partial charge in [0.15, 0.2) is 0 Å². The van der Waals surface area contributed by atoms with Crippen molar-refractivity contribution in [2.45, 2.75) is 19.9 Å². The average molecular weight is 233 g/mol. The zero-order chi connectivity index (χ0) is 12.4. The van der Waals surface area contributed by atoms with Gasteiger partial charge in [0.25, 0.3) is 0 Å². The minimum Gasteiger partial charge on any atom is -0.328 e. The summed E-state index contributed by atoms with van der Waals surface area (Å²) in [5, 5.41) is 4.42. The van der Waals surface area contributed by atoms with Crippen molar-refractivity contribution in [2.75, 3.05) is 6.54 Å². The fraction of sp³-hybridized carbons (Fsp3) is 0.308. The molecule has 0 fully saturated rings. The second-order valence-corrected chi connectivity index (χ2v) is 4.17. The zero-order valence-electron chi connectivity index (χ0n) is 10.0. The lowest BCUT2D eigenvalue weighted by molar-refractivity contribution is 0.515. The van der Waals surface area contributed by atoms with Gasteiger partial charge in [0, 0.05) is 12.2 Å². The number of rotatable bonds is 3. The Balaban J connectivity index is 2.39.